The molecule has 4 nitrogen and oxygen atoms in total. The van der Waals surface area contributed by atoms with Crippen LogP contribution in [0.4, 0.5) is 0 Å². The SMILES string of the molecule is C#CC(OCOC)c1c(I)c2ccccc2n1COC. The van der Waals surface area contributed by atoms with E-state index in [0.29, 0.717) is 6.73 Å². The average Bonchev–Trinajstić information content (AvgIpc) is 2.75. The van der Waals surface area contributed by atoms with Gasteiger partial charge in [-0.05, 0) is 28.7 Å². The fourth-order valence-electron chi connectivity index (χ4n) is 2.15. The first kappa shape index (κ1) is 15.3. The van der Waals surface area contributed by atoms with E-state index in [0.717, 1.165) is 20.2 Å². The Hall–Kier alpha value is -1.07. The molecule has 0 aliphatic heterocycles. The Morgan fingerprint density at radius 1 is 1.30 bits per heavy atom. The van der Waals surface area contributed by atoms with Crippen LogP contribution < -0.4 is 0 Å². The van der Waals surface area contributed by atoms with Gasteiger partial charge in [0.05, 0.1) is 11.2 Å². The van der Waals surface area contributed by atoms with Crippen molar-refractivity contribution in [3.63, 3.8) is 0 Å². The van der Waals surface area contributed by atoms with Crippen molar-refractivity contribution in [3.05, 3.63) is 33.5 Å². The lowest BCUT2D eigenvalue weighted by Crippen LogP contribution is -2.13. The molecular formula is C15H16INO3. The van der Waals surface area contributed by atoms with E-state index in [9.17, 15) is 0 Å². The van der Waals surface area contributed by atoms with E-state index in [4.69, 9.17) is 20.6 Å². The number of terminal acetylenes is 1. The van der Waals surface area contributed by atoms with Gasteiger partial charge in [0.15, 0.2) is 6.10 Å². The molecule has 0 saturated carbocycles. The largest absolute Gasteiger partial charge is 0.364 e. The minimum atomic E-state index is -0.468. The van der Waals surface area contributed by atoms with Crippen LogP contribution >= 0.6 is 22.6 Å². The molecule has 0 amide bonds. The second-order valence-electron chi connectivity index (χ2n) is 4.18. The van der Waals surface area contributed by atoms with Crippen molar-refractivity contribution in [1.29, 1.82) is 0 Å². The van der Waals surface area contributed by atoms with Crippen LogP contribution in [0.1, 0.15) is 11.8 Å². The minimum Gasteiger partial charge on any atom is -0.364 e. The third-order valence-corrected chi connectivity index (χ3v) is 4.09. The molecule has 2 aromatic rings. The fourth-order valence-corrected chi connectivity index (χ4v) is 3.18. The molecular weight excluding hydrogens is 369 g/mol. The van der Waals surface area contributed by atoms with Crippen molar-refractivity contribution in [2.24, 2.45) is 0 Å². The summed E-state index contributed by atoms with van der Waals surface area (Å²) in [5, 5.41) is 1.14. The Balaban J connectivity index is 2.58. The molecule has 0 radical (unpaired) electrons. The highest BCUT2D eigenvalue weighted by atomic mass is 127. The van der Waals surface area contributed by atoms with Gasteiger partial charge in [0, 0.05) is 23.2 Å². The molecule has 2 rings (SSSR count). The monoisotopic (exact) mass is 385 g/mol. The van der Waals surface area contributed by atoms with Gasteiger partial charge in [0.25, 0.3) is 0 Å². The van der Waals surface area contributed by atoms with E-state index in [1.807, 2.05) is 22.8 Å². The number of ether oxygens (including phenoxy) is 3. The van der Waals surface area contributed by atoms with Gasteiger partial charge in [-0.3, -0.25) is 0 Å². The molecule has 106 valence electrons. The van der Waals surface area contributed by atoms with Crippen LogP contribution in [-0.4, -0.2) is 25.6 Å². The number of benzene rings is 1. The van der Waals surface area contributed by atoms with Crippen LogP contribution in [0.2, 0.25) is 0 Å². The van der Waals surface area contributed by atoms with Gasteiger partial charge in [-0.15, -0.1) is 6.42 Å². The number of halogens is 1. The van der Waals surface area contributed by atoms with Crippen LogP contribution in [0.5, 0.6) is 0 Å². The van der Waals surface area contributed by atoms with Crippen molar-refractivity contribution in [2.45, 2.75) is 12.8 Å². The molecule has 0 bridgehead atoms. The van der Waals surface area contributed by atoms with Gasteiger partial charge >= 0.3 is 0 Å². The van der Waals surface area contributed by atoms with Crippen LogP contribution in [0.3, 0.4) is 0 Å². The van der Waals surface area contributed by atoms with Gasteiger partial charge in [-0.1, -0.05) is 24.1 Å². The minimum absolute atomic E-state index is 0.152. The predicted molar refractivity (Wildman–Crippen MR) is 86.2 cm³/mol. The van der Waals surface area contributed by atoms with Crippen molar-refractivity contribution < 1.29 is 14.2 Å². The van der Waals surface area contributed by atoms with E-state index in [2.05, 4.69) is 34.6 Å². The predicted octanol–water partition coefficient (Wildman–Crippen LogP) is 3.14. The lowest BCUT2D eigenvalue weighted by Gasteiger charge is -2.16. The lowest BCUT2D eigenvalue weighted by atomic mass is 10.2. The number of rotatable bonds is 6. The van der Waals surface area contributed by atoms with E-state index >= 15 is 0 Å². The normalized spacial score (nSPS) is 12.5. The Morgan fingerprint density at radius 3 is 2.70 bits per heavy atom. The summed E-state index contributed by atoms with van der Waals surface area (Å²) < 4.78 is 18.9. The quantitative estimate of drug-likeness (QED) is 0.435. The molecule has 0 spiro atoms. The Labute approximate surface area is 132 Å². The van der Waals surface area contributed by atoms with E-state index in [-0.39, 0.29) is 6.79 Å². The van der Waals surface area contributed by atoms with Gasteiger partial charge in [-0.2, -0.15) is 0 Å². The molecule has 1 aromatic heterocycles. The highest BCUT2D eigenvalue weighted by Crippen LogP contribution is 2.33. The van der Waals surface area contributed by atoms with Gasteiger partial charge in [0.2, 0.25) is 0 Å². The first-order valence-electron chi connectivity index (χ1n) is 6.06. The number of para-hydroxylation sites is 1. The zero-order valence-electron chi connectivity index (χ0n) is 11.4. The smallest absolute Gasteiger partial charge is 0.161 e. The summed E-state index contributed by atoms with van der Waals surface area (Å²) in [6, 6.07) is 8.11. The summed E-state index contributed by atoms with van der Waals surface area (Å²) in [6.07, 6.45) is 5.15. The molecule has 0 fully saturated rings. The molecule has 1 aromatic carbocycles. The maximum Gasteiger partial charge on any atom is 0.161 e. The summed E-state index contributed by atoms with van der Waals surface area (Å²) in [4.78, 5) is 0. The first-order valence-corrected chi connectivity index (χ1v) is 7.14. The second-order valence-corrected chi connectivity index (χ2v) is 5.26. The number of hydrogen-bond donors (Lipinski definition) is 0. The molecule has 0 saturated heterocycles. The first-order chi connectivity index (χ1) is 9.74. The van der Waals surface area contributed by atoms with Gasteiger partial charge < -0.3 is 18.8 Å². The average molecular weight is 385 g/mol. The van der Waals surface area contributed by atoms with E-state index < -0.39 is 6.10 Å². The summed E-state index contributed by atoms with van der Waals surface area (Å²) >= 11 is 2.30. The number of methoxy groups -OCH3 is 2. The number of hydrogen-bond acceptors (Lipinski definition) is 3. The Kier molecular flexibility index (Phi) is 5.43. The molecule has 5 heteroatoms. The standard InChI is InChI=1S/C15H16INO3/c1-4-13(20-10-19-3)15-14(16)11-7-5-6-8-12(11)17(15)9-18-2/h1,5-8,13H,9-10H2,2-3H3. The molecule has 0 N–H and O–H groups in total. The van der Waals surface area contributed by atoms with Crippen molar-refractivity contribution in [1.82, 2.24) is 4.57 Å². The molecule has 20 heavy (non-hydrogen) atoms. The van der Waals surface area contributed by atoms with Crippen LogP contribution in [-0.2, 0) is 20.9 Å². The highest BCUT2D eigenvalue weighted by molar-refractivity contribution is 14.1. The van der Waals surface area contributed by atoms with Crippen molar-refractivity contribution in [3.8, 4) is 12.3 Å². The molecule has 0 aliphatic carbocycles. The molecule has 1 unspecified atom stereocenters. The third kappa shape index (κ3) is 2.83. The summed E-state index contributed by atoms with van der Waals surface area (Å²) in [5.41, 5.74) is 2.00. The fraction of sp³-hybridized carbons (Fsp3) is 0.333. The van der Waals surface area contributed by atoms with Crippen LogP contribution in [0.15, 0.2) is 24.3 Å². The number of aromatic nitrogens is 1. The van der Waals surface area contributed by atoms with Crippen LogP contribution in [0.25, 0.3) is 10.9 Å². The molecule has 1 heterocycles. The molecule has 1 atom stereocenters. The number of fused-ring (bicyclic) bond motifs is 1. The summed E-state index contributed by atoms with van der Waals surface area (Å²) in [5.74, 6) is 2.67. The Bertz CT molecular complexity index is 630. The molecule has 0 aliphatic rings. The van der Waals surface area contributed by atoms with Crippen molar-refractivity contribution >= 4 is 33.5 Å². The third-order valence-electron chi connectivity index (χ3n) is 2.96. The summed E-state index contributed by atoms with van der Waals surface area (Å²) in [6.45, 7) is 0.576. The lowest BCUT2D eigenvalue weighted by molar-refractivity contribution is -0.0567. The Morgan fingerprint density at radius 2 is 2.05 bits per heavy atom. The van der Waals surface area contributed by atoms with E-state index in [1.165, 1.54) is 0 Å². The maximum absolute atomic E-state index is 5.61. The van der Waals surface area contributed by atoms with E-state index in [1.54, 1.807) is 14.2 Å². The topological polar surface area (TPSA) is 32.6 Å². The highest BCUT2D eigenvalue weighted by Gasteiger charge is 2.22. The van der Waals surface area contributed by atoms with Crippen molar-refractivity contribution in [2.75, 3.05) is 21.0 Å². The van der Waals surface area contributed by atoms with Gasteiger partial charge in [0.1, 0.15) is 13.5 Å². The zero-order chi connectivity index (χ0) is 14.5. The zero-order valence-corrected chi connectivity index (χ0v) is 13.6. The van der Waals surface area contributed by atoms with Crippen LogP contribution in [0, 0.1) is 15.9 Å². The second kappa shape index (κ2) is 7.09. The number of nitrogens with zero attached hydrogens (tertiary/aromatic N) is 1. The summed E-state index contributed by atoms with van der Waals surface area (Å²) in [7, 11) is 3.23. The van der Waals surface area contributed by atoms with Gasteiger partial charge in [-0.25, -0.2) is 0 Å². The maximum atomic E-state index is 5.61.